The van der Waals surface area contributed by atoms with Crippen LogP contribution in [-0.4, -0.2) is 24.5 Å². The molecule has 0 radical (unpaired) electrons. The van der Waals surface area contributed by atoms with Crippen molar-refractivity contribution in [2.24, 2.45) is 0 Å². The number of carbonyl (C=O) groups excluding carboxylic acids is 1. The van der Waals surface area contributed by atoms with Crippen molar-refractivity contribution in [3.8, 4) is 5.75 Å². The van der Waals surface area contributed by atoms with Crippen molar-refractivity contribution in [1.82, 2.24) is 4.90 Å². The highest BCUT2D eigenvalue weighted by atomic mass is 32.1. The number of thiophene rings is 2. The second-order valence-corrected chi connectivity index (χ2v) is 8.85. The summed E-state index contributed by atoms with van der Waals surface area (Å²) >= 11 is 3.49. The zero-order valence-electron chi connectivity index (χ0n) is 15.4. The van der Waals surface area contributed by atoms with E-state index in [1.54, 1.807) is 29.8 Å². The number of methoxy groups -OCH3 is 1. The highest BCUT2D eigenvalue weighted by Crippen LogP contribution is 2.41. The molecular formula is C23H19NO2S2. The molecule has 5 heteroatoms. The van der Waals surface area contributed by atoms with Gasteiger partial charge < -0.3 is 9.64 Å². The minimum Gasteiger partial charge on any atom is -0.496 e. The molecule has 2 aromatic carbocycles. The number of hydrogen-bond acceptors (Lipinski definition) is 4. The van der Waals surface area contributed by atoms with E-state index in [-0.39, 0.29) is 11.9 Å². The highest BCUT2D eigenvalue weighted by Gasteiger charge is 2.34. The van der Waals surface area contributed by atoms with Crippen LogP contribution in [0.15, 0.2) is 65.4 Å². The maximum Gasteiger partial charge on any atom is 0.258 e. The third kappa shape index (κ3) is 2.82. The fraction of sp³-hybridized carbons (Fsp3) is 0.174. The molecule has 0 N–H and O–H groups in total. The Kier molecular flexibility index (Phi) is 4.41. The van der Waals surface area contributed by atoms with Crippen LogP contribution in [0, 0.1) is 0 Å². The Labute approximate surface area is 171 Å². The second-order valence-electron chi connectivity index (χ2n) is 6.87. The van der Waals surface area contributed by atoms with Crippen LogP contribution in [0.5, 0.6) is 5.75 Å². The predicted molar refractivity (Wildman–Crippen MR) is 116 cm³/mol. The van der Waals surface area contributed by atoms with Crippen LogP contribution in [-0.2, 0) is 6.42 Å². The minimum atomic E-state index is -0.0290. The lowest BCUT2D eigenvalue weighted by Gasteiger charge is -2.35. The SMILES string of the molecule is COc1cc2ccccc2cc1C(=O)N1CCc2sccc2C1c1cccs1. The Morgan fingerprint density at radius 1 is 1.04 bits per heavy atom. The maximum atomic E-state index is 13.7. The molecule has 0 bridgehead atoms. The summed E-state index contributed by atoms with van der Waals surface area (Å²) in [5.74, 6) is 0.655. The van der Waals surface area contributed by atoms with Crippen LogP contribution >= 0.6 is 22.7 Å². The van der Waals surface area contributed by atoms with Gasteiger partial charge in [0.2, 0.25) is 0 Å². The number of hydrogen-bond donors (Lipinski definition) is 0. The maximum absolute atomic E-state index is 13.7. The van der Waals surface area contributed by atoms with Gasteiger partial charge in [0.15, 0.2) is 0 Å². The summed E-state index contributed by atoms with van der Waals surface area (Å²) in [7, 11) is 1.63. The standard InChI is InChI=1S/C23H19NO2S2/c1-26-19-14-16-6-3-2-5-15(16)13-18(19)23(25)24-10-8-20-17(9-12-28-20)22(24)21-7-4-11-27-21/h2-7,9,11-14,22H,8,10H2,1H3. The van der Waals surface area contributed by atoms with Crippen LogP contribution in [0.1, 0.15) is 31.7 Å². The lowest BCUT2D eigenvalue weighted by molar-refractivity contribution is 0.0695. The zero-order chi connectivity index (χ0) is 19.1. The van der Waals surface area contributed by atoms with Gasteiger partial charge in [-0.2, -0.15) is 0 Å². The van der Waals surface area contributed by atoms with Gasteiger partial charge in [-0.15, -0.1) is 22.7 Å². The van der Waals surface area contributed by atoms with E-state index in [4.69, 9.17) is 4.74 Å². The molecule has 0 saturated carbocycles. The summed E-state index contributed by atoms with van der Waals surface area (Å²) in [6.45, 7) is 0.713. The van der Waals surface area contributed by atoms with Crippen molar-refractivity contribution < 1.29 is 9.53 Å². The van der Waals surface area contributed by atoms with Crippen molar-refractivity contribution in [3.63, 3.8) is 0 Å². The summed E-state index contributed by atoms with van der Waals surface area (Å²) in [6, 6.07) is 18.3. The average Bonchev–Trinajstić information content (AvgIpc) is 3.43. The Balaban J connectivity index is 1.62. The first-order valence-corrected chi connectivity index (χ1v) is 11.0. The normalized spacial score (nSPS) is 16.2. The fourth-order valence-corrected chi connectivity index (χ4v) is 5.76. The van der Waals surface area contributed by atoms with Gasteiger partial charge in [-0.05, 0) is 57.8 Å². The molecule has 140 valence electrons. The van der Waals surface area contributed by atoms with Gasteiger partial charge in [-0.1, -0.05) is 30.3 Å². The molecule has 5 rings (SSSR count). The van der Waals surface area contributed by atoms with Crippen LogP contribution in [0.4, 0.5) is 0 Å². The second kappa shape index (κ2) is 7.08. The van der Waals surface area contributed by atoms with E-state index in [1.807, 2.05) is 41.3 Å². The van der Waals surface area contributed by atoms with Gasteiger partial charge in [-0.3, -0.25) is 4.79 Å². The molecular weight excluding hydrogens is 386 g/mol. The molecule has 4 aromatic rings. The van der Waals surface area contributed by atoms with Gasteiger partial charge in [-0.25, -0.2) is 0 Å². The topological polar surface area (TPSA) is 29.5 Å². The van der Waals surface area contributed by atoms with E-state index >= 15 is 0 Å². The Morgan fingerprint density at radius 2 is 1.86 bits per heavy atom. The average molecular weight is 406 g/mol. The van der Waals surface area contributed by atoms with Crippen LogP contribution in [0.2, 0.25) is 0 Å². The van der Waals surface area contributed by atoms with Gasteiger partial charge in [0.1, 0.15) is 5.75 Å². The molecule has 1 unspecified atom stereocenters. The van der Waals surface area contributed by atoms with Crippen LogP contribution in [0.25, 0.3) is 10.8 Å². The van der Waals surface area contributed by atoms with Crippen molar-refractivity contribution >= 4 is 39.4 Å². The van der Waals surface area contributed by atoms with Gasteiger partial charge in [0, 0.05) is 16.3 Å². The smallest absolute Gasteiger partial charge is 0.258 e. The molecule has 1 atom stereocenters. The largest absolute Gasteiger partial charge is 0.496 e. The van der Waals surface area contributed by atoms with Gasteiger partial charge in [0.25, 0.3) is 5.91 Å². The first-order chi connectivity index (χ1) is 13.8. The first-order valence-electron chi connectivity index (χ1n) is 9.23. The summed E-state index contributed by atoms with van der Waals surface area (Å²) < 4.78 is 5.60. The van der Waals surface area contributed by atoms with Crippen molar-refractivity contribution in [1.29, 1.82) is 0 Å². The van der Waals surface area contributed by atoms with Crippen molar-refractivity contribution in [2.75, 3.05) is 13.7 Å². The van der Waals surface area contributed by atoms with E-state index in [9.17, 15) is 4.79 Å². The number of nitrogens with zero attached hydrogens (tertiary/aromatic N) is 1. The molecule has 28 heavy (non-hydrogen) atoms. The summed E-state index contributed by atoms with van der Waals surface area (Å²) in [5.41, 5.74) is 1.88. The number of benzene rings is 2. The summed E-state index contributed by atoms with van der Waals surface area (Å²) in [4.78, 5) is 18.3. The number of carbonyl (C=O) groups is 1. The number of ether oxygens (including phenoxy) is 1. The molecule has 2 aromatic heterocycles. The summed E-state index contributed by atoms with van der Waals surface area (Å²) in [6.07, 6.45) is 0.899. The monoisotopic (exact) mass is 405 g/mol. The van der Waals surface area contributed by atoms with Crippen molar-refractivity contribution in [3.05, 3.63) is 86.2 Å². The van der Waals surface area contributed by atoms with E-state index in [2.05, 4.69) is 29.0 Å². The molecule has 0 spiro atoms. The third-order valence-corrected chi connectivity index (χ3v) is 7.26. The van der Waals surface area contributed by atoms with E-state index < -0.39 is 0 Å². The Bertz CT molecular complexity index is 1150. The van der Waals surface area contributed by atoms with E-state index in [1.165, 1.54) is 15.3 Å². The van der Waals surface area contributed by atoms with Gasteiger partial charge in [0.05, 0.1) is 18.7 Å². The number of amides is 1. The quantitative estimate of drug-likeness (QED) is 0.434. The molecule has 0 saturated heterocycles. The molecule has 1 aliphatic heterocycles. The predicted octanol–water partition coefficient (Wildman–Crippen LogP) is 5.76. The lowest BCUT2D eigenvalue weighted by Crippen LogP contribution is -2.39. The van der Waals surface area contributed by atoms with Gasteiger partial charge >= 0.3 is 0 Å². The van der Waals surface area contributed by atoms with E-state index in [0.29, 0.717) is 17.9 Å². The lowest BCUT2D eigenvalue weighted by atomic mass is 9.96. The highest BCUT2D eigenvalue weighted by molar-refractivity contribution is 7.10. The molecule has 3 heterocycles. The van der Waals surface area contributed by atoms with Crippen LogP contribution in [0.3, 0.4) is 0 Å². The molecule has 1 aliphatic rings. The number of fused-ring (bicyclic) bond motifs is 2. The molecule has 0 aliphatic carbocycles. The molecule has 3 nitrogen and oxygen atoms in total. The fourth-order valence-electron chi connectivity index (χ4n) is 4.00. The van der Waals surface area contributed by atoms with Crippen LogP contribution < -0.4 is 4.74 Å². The summed E-state index contributed by atoms with van der Waals surface area (Å²) in [5, 5.41) is 6.34. The molecule has 1 amide bonds. The van der Waals surface area contributed by atoms with E-state index in [0.717, 1.165) is 17.2 Å². The van der Waals surface area contributed by atoms with Crippen molar-refractivity contribution in [2.45, 2.75) is 12.5 Å². The third-order valence-electron chi connectivity index (χ3n) is 5.34. The number of rotatable bonds is 3. The first kappa shape index (κ1) is 17.5. The Hall–Kier alpha value is -2.63. The molecule has 0 fully saturated rings. The zero-order valence-corrected chi connectivity index (χ0v) is 17.1. The Morgan fingerprint density at radius 3 is 2.61 bits per heavy atom. The minimum absolute atomic E-state index is 0.0258.